The summed E-state index contributed by atoms with van der Waals surface area (Å²) in [5.74, 6) is -0.172. The summed E-state index contributed by atoms with van der Waals surface area (Å²) in [6.07, 6.45) is 6.37. The van der Waals surface area contributed by atoms with Crippen LogP contribution in [0.25, 0.3) is 11.6 Å². The van der Waals surface area contributed by atoms with E-state index in [1.165, 1.54) is 0 Å². The molecule has 1 atom stereocenters. The highest BCUT2D eigenvalue weighted by Crippen LogP contribution is 2.14. The van der Waals surface area contributed by atoms with Gasteiger partial charge in [-0.3, -0.25) is 0 Å². The summed E-state index contributed by atoms with van der Waals surface area (Å²) in [4.78, 5) is 12.7. The van der Waals surface area contributed by atoms with Crippen molar-refractivity contribution >= 4 is 17.6 Å². The highest BCUT2D eigenvalue weighted by molar-refractivity contribution is 6.15. The number of carbonyl (C=O) groups excluding carboxylic acids is 1. The van der Waals surface area contributed by atoms with Gasteiger partial charge in [-0.2, -0.15) is 5.26 Å². The Hall–Kier alpha value is -2.86. The Morgan fingerprint density at radius 2 is 1.96 bits per heavy atom. The maximum absolute atomic E-state index is 12.7. The van der Waals surface area contributed by atoms with Gasteiger partial charge in [0.1, 0.15) is 11.6 Å². The van der Waals surface area contributed by atoms with E-state index < -0.39 is 5.97 Å². The minimum absolute atomic E-state index is 0.0855. The third-order valence-corrected chi connectivity index (χ3v) is 5.22. The fourth-order valence-electron chi connectivity index (χ4n) is 3.60. The molecule has 138 valence electrons. The zero-order chi connectivity index (χ0) is 19.2. The van der Waals surface area contributed by atoms with Crippen LogP contribution < -0.4 is 10.4 Å². The number of unbranched alkanes of at least 4 members (excludes halogenated alkanes) is 1. The number of benzene rings is 2. The van der Waals surface area contributed by atoms with Crippen molar-refractivity contribution in [1.82, 2.24) is 0 Å². The molecule has 1 unspecified atom stereocenters. The number of nitrogens with zero attached hydrogens (tertiary/aromatic N) is 1. The minimum Gasteiger partial charge on any atom is -0.461 e. The van der Waals surface area contributed by atoms with Crippen LogP contribution in [0.1, 0.15) is 45.1 Å². The van der Waals surface area contributed by atoms with Crippen LogP contribution in [0, 0.1) is 27.7 Å². The molecule has 0 aliphatic heterocycles. The lowest BCUT2D eigenvalue weighted by atomic mass is 10.0. The van der Waals surface area contributed by atoms with Gasteiger partial charge in [-0.25, -0.2) is 4.79 Å². The Morgan fingerprint density at radius 3 is 2.70 bits per heavy atom. The normalized spacial score (nSPS) is 13.7. The SMILES string of the molecule is CCCCC(CC)COC(=O)/C(C#N)=c1\cccc2c1=c1ccccc1=C2. The average Bonchev–Trinajstić information content (AvgIpc) is 3.08. The first kappa shape index (κ1) is 18.9. The molecule has 0 bridgehead atoms. The summed E-state index contributed by atoms with van der Waals surface area (Å²) in [5.41, 5.74) is 1.12. The van der Waals surface area contributed by atoms with E-state index in [1.807, 2.05) is 42.5 Å². The second kappa shape index (κ2) is 8.68. The van der Waals surface area contributed by atoms with Gasteiger partial charge in [-0.1, -0.05) is 75.6 Å². The lowest BCUT2D eigenvalue weighted by molar-refractivity contribution is -0.138. The summed E-state index contributed by atoms with van der Waals surface area (Å²) >= 11 is 0. The van der Waals surface area contributed by atoms with Crippen LogP contribution in [0.4, 0.5) is 0 Å². The summed E-state index contributed by atoms with van der Waals surface area (Å²) in [6, 6.07) is 15.9. The lowest BCUT2D eigenvalue weighted by Gasteiger charge is -2.14. The molecule has 0 saturated heterocycles. The fourth-order valence-corrected chi connectivity index (χ4v) is 3.60. The van der Waals surface area contributed by atoms with Crippen LogP contribution in [-0.4, -0.2) is 12.6 Å². The molecule has 1 aliphatic rings. The van der Waals surface area contributed by atoms with Crippen molar-refractivity contribution in [3.05, 3.63) is 68.9 Å². The molecular formula is C24H25NO2. The van der Waals surface area contributed by atoms with Crippen molar-refractivity contribution in [2.75, 3.05) is 6.61 Å². The monoisotopic (exact) mass is 359 g/mol. The molecule has 0 aromatic heterocycles. The van der Waals surface area contributed by atoms with Crippen LogP contribution >= 0.6 is 0 Å². The zero-order valence-corrected chi connectivity index (χ0v) is 16.0. The number of carbonyl (C=O) groups is 1. The molecule has 0 radical (unpaired) electrons. The van der Waals surface area contributed by atoms with E-state index in [1.54, 1.807) is 0 Å². The zero-order valence-electron chi connectivity index (χ0n) is 16.0. The number of rotatable bonds is 7. The minimum atomic E-state index is -0.523. The first-order chi connectivity index (χ1) is 13.2. The number of ether oxygens (including phenoxy) is 1. The second-order valence-corrected chi connectivity index (χ2v) is 7.00. The molecule has 27 heavy (non-hydrogen) atoms. The third-order valence-electron chi connectivity index (χ3n) is 5.22. The van der Waals surface area contributed by atoms with Crippen molar-refractivity contribution in [2.45, 2.75) is 39.5 Å². The van der Waals surface area contributed by atoms with Gasteiger partial charge in [0.2, 0.25) is 0 Å². The number of esters is 1. The fraction of sp³-hybridized carbons (Fsp3) is 0.333. The summed E-state index contributed by atoms with van der Waals surface area (Å²) in [7, 11) is 0. The maximum atomic E-state index is 12.7. The number of nitriles is 1. The maximum Gasteiger partial charge on any atom is 0.349 e. The van der Waals surface area contributed by atoms with E-state index in [4.69, 9.17) is 4.74 Å². The molecule has 0 N–H and O–H groups in total. The van der Waals surface area contributed by atoms with E-state index in [9.17, 15) is 10.1 Å². The molecule has 1 aliphatic carbocycles. The van der Waals surface area contributed by atoms with Crippen molar-refractivity contribution < 1.29 is 9.53 Å². The van der Waals surface area contributed by atoms with Crippen molar-refractivity contribution in [1.29, 1.82) is 5.26 Å². The van der Waals surface area contributed by atoms with Crippen molar-refractivity contribution in [3.63, 3.8) is 0 Å². The van der Waals surface area contributed by atoms with Crippen LogP contribution in [0.5, 0.6) is 0 Å². The molecule has 0 fully saturated rings. The van der Waals surface area contributed by atoms with E-state index in [2.05, 4.69) is 26.0 Å². The Kier molecular flexibility index (Phi) is 6.08. The van der Waals surface area contributed by atoms with E-state index in [0.29, 0.717) is 17.7 Å². The Labute approximate surface area is 159 Å². The third kappa shape index (κ3) is 3.95. The van der Waals surface area contributed by atoms with Crippen LogP contribution in [0.3, 0.4) is 0 Å². The smallest absolute Gasteiger partial charge is 0.349 e. The number of hydrogen-bond acceptors (Lipinski definition) is 3. The quantitative estimate of drug-likeness (QED) is 0.606. The van der Waals surface area contributed by atoms with Gasteiger partial charge in [-0.15, -0.1) is 0 Å². The molecular weight excluding hydrogens is 334 g/mol. The molecule has 3 nitrogen and oxygen atoms in total. The van der Waals surface area contributed by atoms with Gasteiger partial charge >= 0.3 is 5.97 Å². The molecule has 0 saturated carbocycles. The van der Waals surface area contributed by atoms with Gasteiger partial charge in [0, 0.05) is 5.22 Å². The Balaban J connectivity index is 2.01. The van der Waals surface area contributed by atoms with E-state index in [0.717, 1.165) is 46.9 Å². The summed E-state index contributed by atoms with van der Waals surface area (Å²) in [6.45, 7) is 4.64. The molecule has 3 rings (SSSR count). The summed E-state index contributed by atoms with van der Waals surface area (Å²) in [5, 5.41) is 13.5. The van der Waals surface area contributed by atoms with Crippen LogP contribution in [0.15, 0.2) is 42.5 Å². The highest BCUT2D eigenvalue weighted by atomic mass is 16.5. The first-order valence-corrected chi connectivity index (χ1v) is 9.71. The molecule has 0 heterocycles. The summed E-state index contributed by atoms with van der Waals surface area (Å²) < 4.78 is 5.54. The largest absolute Gasteiger partial charge is 0.461 e. The number of hydrogen-bond donors (Lipinski definition) is 0. The van der Waals surface area contributed by atoms with E-state index in [-0.39, 0.29) is 5.57 Å². The van der Waals surface area contributed by atoms with Crippen LogP contribution in [0.2, 0.25) is 0 Å². The van der Waals surface area contributed by atoms with E-state index >= 15 is 0 Å². The standard InChI is InChI=1S/C24H25NO2/c1-3-5-9-17(4-2)16-27-24(26)22(15-25)21-13-8-11-19-14-18-10-6-7-12-20(18)23(19)21/h6-8,10-14,17H,3-5,9,16H2,1-2H3/b22-21+. The van der Waals surface area contributed by atoms with Gasteiger partial charge in [0.25, 0.3) is 0 Å². The van der Waals surface area contributed by atoms with Gasteiger partial charge in [0.05, 0.1) is 6.61 Å². The van der Waals surface area contributed by atoms with Gasteiger partial charge in [0.15, 0.2) is 0 Å². The first-order valence-electron chi connectivity index (χ1n) is 9.71. The topological polar surface area (TPSA) is 50.1 Å². The molecule has 0 amide bonds. The highest BCUT2D eigenvalue weighted by Gasteiger charge is 2.16. The number of fused-ring (bicyclic) bond motifs is 2. The van der Waals surface area contributed by atoms with Crippen molar-refractivity contribution in [2.24, 2.45) is 5.92 Å². The second-order valence-electron chi connectivity index (χ2n) is 7.00. The van der Waals surface area contributed by atoms with Crippen molar-refractivity contribution in [3.8, 4) is 6.07 Å². The Morgan fingerprint density at radius 1 is 1.15 bits per heavy atom. The molecule has 2 aromatic carbocycles. The predicted molar refractivity (Wildman–Crippen MR) is 107 cm³/mol. The van der Waals surface area contributed by atoms with Gasteiger partial charge < -0.3 is 4.74 Å². The van der Waals surface area contributed by atoms with Gasteiger partial charge in [-0.05, 0) is 39.6 Å². The molecule has 0 spiro atoms. The molecule has 3 heteroatoms. The lowest BCUT2D eigenvalue weighted by Crippen LogP contribution is -2.20. The Bertz CT molecular complexity index is 1090. The average molecular weight is 359 g/mol. The molecule has 2 aromatic rings. The predicted octanol–water partition coefficient (Wildman–Crippen LogP) is 3.55. The van der Waals surface area contributed by atoms with Crippen LogP contribution in [-0.2, 0) is 9.53 Å².